The average molecular weight is 542 g/mol. The van der Waals surface area contributed by atoms with E-state index in [1.54, 1.807) is 75.4 Å². The molecule has 1 amide bonds. The van der Waals surface area contributed by atoms with Crippen molar-refractivity contribution in [1.29, 1.82) is 5.41 Å². The third kappa shape index (κ3) is 9.74. The van der Waals surface area contributed by atoms with Gasteiger partial charge in [-0.3, -0.25) is 15.0 Å². The fourth-order valence-electron chi connectivity index (χ4n) is 3.05. The molecule has 38 heavy (non-hydrogen) atoms. The molecule has 11 heteroatoms. The van der Waals surface area contributed by atoms with Gasteiger partial charge in [0.05, 0.1) is 24.5 Å². The third-order valence-corrected chi connectivity index (χ3v) is 5.96. The summed E-state index contributed by atoms with van der Waals surface area (Å²) in [5.74, 6) is -1.62. The standard InChI is InChI=1S/C27H31N3O7S/c1-4-35-23(31)16-38-15-22(27(34)36-5-2)30-25(32)17(3)14-18-6-8-20(9-7-18)26(33)37-21-12-10-19(11-13-21)24(28)29/h6-14,22H,4-5,15-16H2,1-3H3,(H3,28,29)(H,30,32)/b17-14+/t22-/m0/s1. The highest BCUT2D eigenvalue weighted by Crippen LogP contribution is 2.16. The van der Waals surface area contributed by atoms with E-state index in [-0.39, 0.29) is 30.6 Å². The Morgan fingerprint density at radius 3 is 2.16 bits per heavy atom. The maximum atomic E-state index is 12.7. The normalized spacial score (nSPS) is 11.7. The quantitative estimate of drug-likeness (QED) is 0.114. The number of amides is 1. The Hall–Kier alpha value is -4.12. The summed E-state index contributed by atoms with van der Waals surface area (Å²) >= 11 is 1.16. The largest absolute Gasteiger partial charge is 0.465 e. The first kappa shape index (κ1) is 30.1. The monoisotopic (exact) mass is 541 g/mol. The molecule has 0 aliphatic heterocycles. The molecule has 0 unspecified atom stereocenters. The van der Waals surface area contributed by atoms with Crippen LogP contribution in [0.4, 0.5) is 0 Å². The van der Waals surface area contributed by atoms with Crippen molar-refractivity contribution in [3.05, 3.63) is 70.8 Å². The number of hydrogen-bond acceptors (Lipinski definition) is 9. The number of carbonyl (C=O) groups is 4. The number of benzene rings is 2. The van der Waals surface area contributed by atoms with Gasteiger partial charge in [0.25, 0.3) is 0 Å². The summed E-state index contributed by atoms with van der Waals surface area (Å²) in [5, 5.41) is 10.0. The van der Waals surface area contributed by atoms with Crippen molar-refractivity contribution >= 4 is 47.5 Å². The van der Waals surface area contributed by atoms with Crippen molar-refractivity contribution in [3.63, 3.8) is 0 Å². The lowest BCUT2D eigenvalue weighted by Gasteiger charge is -2.17. The van der Waals surface area contributed by atoms with Crippen LogP contribution in [0.1, 0.15) is 42.3 Å². The topological polar surface area (TPSA) is 158 Å². The molecule has 1 atom stereocenters. The summed E-state index contributed by atoms with van der Waals surface area (Å²) in [6.45, 7) is 5.38. The summed E-state index contributed by atoms with van der Waals surface area (Å²) < 4.78 is 15.2. The highest BCUT2D eigenvalue weighted by Gasteiger charge is 2.23. The third-order valence-electron chi connectivity index (χ3n) is 4.95. The van der Waals surface area contributed by atoms with Gasteiger partial charge < -0.3 is 25.3 Å². The minimum Gasteiger partial charge on any atom is -0.465 e. The molecular formula is C27H31N3O7S. The summed E-state index contributed by atoms with van der Waals surface area (Å²) in [4.78, 5) is 49.0. The molecule has 4 N–H and O–H groups in total. The van der Waals surface area contributed by atoms with Crippen molar-refractivity contribution in [1.82, 2.24) is 5.32 Å². The maximum absolute atomic E-state index is 12.7. The van der Waals surface area contributed by atoms with Gasteiger partial charge in [-0.2, -0.15) is 0 Å². The van der Waals surface area contributed by atoms with Crippen molar-refractivity contribution < 1.29 is 33.4 Å². The van der Waals surface area contributed by atoms with Crippen LogP contribution < -0.4 is 15.8 Å². The Bertz CT molecular complexity index is 1180. The highest BCUT2D eigenvalue weighted by molar-refractivity contribution is 8.00. The van der Waals surface area contributed by atoms with E-state index in [4.69, 9.17) is 25.4 Å². The number of esters is 3. The molecule has 0 aliphatic carbocycles. The molecule has 10 nitrogen and oxygen atoms in total. The Kier molecular flexibility index (Phi) is 12.0. The van der Waals surface area contributed by atoms with E-state index in [1.165, 1.54) is 0 Å². The Morgan fingerprint density at radius 1 is 0.974 bits per heavy atom. The van der Waals surface area contributed by atoms with Crippen LogP contribution in [0.2, 0.25) is 0 Å². The first-order valence-corrected chi connectivity index (χ1v) is 13.0. The zero-order valence-corrected chi connectivity index (χ0v) is 22.3. The van der Waals surface area contributed by atoms with Crippen LogP contribution in [0.3, 0.4) is 0 Å². The molecule has 0 spiro atoms. The van der Waals surface area contributed by atoms with Crippen molar-refractivity contribution in [2.75, 3.05) is 24.7 Å². The zero-order valence-electron chi connectivity index (χ0n) is 21.4. The number of nitrogens with two attached hydrogens (primary N) is 1. The van der Waals surface area contributed by atoms with Gasteiger partial charge in [0.1, 0.15) is 17.6 Å². The van der Waals surface area contributed by atoms with E-state index in [0.29, 0.717) is 28.0 Å². The first-order valence-electron chi connectivity index (χ1n) is 11.8. The molecule has 0 bridgehead atoms. The SMILES string of the molecule is CCOC(=O)CSC[C@H](NC(=O)/C(C)=C/c1ccc(C(=O)Oc2ccc(C(=N)N)cc2)cc1)C(=O)OCC. The second kappa shape index (κ2) is 15.2. The summed E-state index contributed by atoms with van der Waals surface area (Å²) in [5.41, 5.74) is 7.23. The second-order valence-electron chi connectivity index (χ2n) is 7.88. The van der Waals surface area contributed by atoms with Gasteiger partial charge in [0, 0.05) is 16.9 Å². The molecule has 0 saturated heterocycles. The number of nitrogens with one attached hydrogen (secondary N) is 2. The molecule has 0 aliphatic rings. The number of rotatable bonds is 13. The summed E-state index contributed by atoms with van der Waals surface area (Å²) in [7, 11) is 0. The fourth-order valence-corrected chi connectivity index (χ4v) is 3.87. The Morgan fingerprint density at radius 2 is 1.58 bits per heavy atom. The van der Waals surface area contributed by atoms with Gasteiger partial charge in [-0.25, -0.2) is 9.59 Å². The predicted molar refractivity (Wildman–Crippen MR) is 145 cm³/mol. The van der Waals surface area contributed by atoms with Crippen LogP contribution in [0.5, 0.6) is 5.75 Å². The van der Waals surface area contributed by atoms with Crippen LogP contribution in [-0.2, 0) is 23.9 Å². The fraction of sp³-hybridized carbons (Fsp3) is 0.296. The van der Waals surface area contributed by atoms with Gasteiger partial charge >= 0.3 is 17.9 Å². The molecule has 202 valence electrons. The highest BCUT2D eigenvalue weighted by atomic mass is 32.2. The van der Waals surface area contributed by atoms with E-state index in [1.807, 2.05) is 0 Å². The van der Waals surface area contributed by atoms with E-state index >= 15 is 0 Å². The van der Waals surface area contributed by atoms with Gasteiger partial charge in [0.15, 0.2) is 0 Å². The molecule has 2 aromatic carbocycles. The number of nitrogen functional groups attached to an aromatic ring is 1. The number of ether oxygens (including phenoxy) is 3. The van der Waals surface area contributed by atoms with Crippen LogP contribution >= 0.6 is 11.8 Å². The number of amidine groups is 1. The molecule has 0 aromatic heterocycles. The van der Waals surface area contributed by atoms with Gasteiger partial charge in [-0.15, -0.1) is 11.8 Å². The van der Waals surface area contributed by atoms with E-state index < -0.39 is 29.9 Å². The smallest absolute Gasteiger partial charge is 0.343 e. The second-order valence-corrected chi connectivity index (χ2v) is 8.91. The van der Waals surface area contributed by atoms with Crippen LogP contribution in [0.25, 0.3) is 6.08 Å². The zero-order chi connectivity index (χ0) is 28.1. The summed E-state index contributed by atoms with van der Waals surface area (Å²) in [6.07, 6.45) is 1.61. The Labute approximate surface area is 225 Å². The van der Waals surface area contributed by atoms with Crippen molar-refractivity contribution in [3.8, 4) is 5.75 Å². The molecular weight excluding hydrogens is 510 g/mol. The molecule has 0 saturated carbocycles. The first-order chi connectivity index (χ1) is 18.1. The lowest BCUT2D eigenvalue weighted by Crippen LogP contribution is -2.44. The average Bonchev–Trinajstić information content (AvgIpc) is 2.89. The Balaban J connectivity index is 2.00. The van der Waals surface area contributed by atoms with E-state index in [2.05, 4.69) is 5.32 Å². The minimum absolute atomic E-state index is 0.0486. The summed E-state index contributed by atoms with van der Waals surface area (Å²) in [6, 6.07) is 11.8. The van der Waals surface area contributed by atoms with Gasteiger partial charge in [-0.1, -0.05) is 12.1 Å². The number of carbonyl (C=O) groups excluding carboxylic acids is 4. The van der Waals surface area contributed by atoms with Crippen LogP contribution in [0, 0.1) is 5.41 Å². The van der Waals surface area contributed by atoms with Crippen molar-refractivity contribution in [2.24, 2.45) is 5.73 Å². The van der Waals surface area contributed by atoms with Crippen LogP contribution in [-0.4, -0.2) is 60.4 Å². The van der Waals surface area contributed by atoms with Crippen molar-refractivity contribution in [2.45, 2.75) is 26.8 Å². The van der Waals surface area contributed by atoms with Crippen LogP contribution in [0.15, 0.2) is 54.1 Å². The molecule has 2 aromatic rings. The lowest BCUT2D eigenvalue weighted by molar-refractivity contribution is -0.146. The molecule has 0 radical (unpaired) electrons. The lowest BCUT2D eigenvalue weighted by atomic mass is 10.1. The van der Waals surface area contributed by atoms with Gasteiger partial charge in [-0.05, 0) is 68.8 Å². The minimum atomic E-state index is -0.938. The number of thioether (sulfide) groups is 1. The number of hydrogen-bond donors (Lipinski definition) is 3. The maximum Gasteiger partial charge on any atom is 0.343 e. The van der Waals surface area contributed by atoms with Gasteiger partial charge in [0.2, 0.25) is 5.91 Å². The molecule has 2 rings (SSSR count). The van der Waals surface area contributed by atoms with E-state index in [9.17, 15) is 19.2 Å². The van der Waals surface area contributed by atoms with E-state index in [0.717, 1.165) is 11.8 Å². The molecule has 0 heterocycles. The molecule has 0 fully saturated rings. The predicted octanol–water partition coefficient (Wildman–Crippen LogP) is 2.94.